The van der Waals surface area contributed by atoms with Gasteiger partial charge >= 0.3 is 0 Å². The predicted molar refractivity (Wildman–Crippen MR) is 118 cm³/mol. The molecule has 0 radical (unpaired) electrons. The molecular formula is C17H21IN8O2. The molecule has 0 atom stereocenters. The third-order valence-corrected chi connectivity index (χ3v) is 3.86. The van der Waals surface area contributed by atoms with E-state index in [1.54, 1.807) is 25.2 Å². The molecule has 148 valence electrons. The van der Waals surface area contributed by atoms with Crippen molar-refractivity contribution in [2.75, 3.05) is 25.5 Å². The summed E-state index contributed by atoms with van der Waals surface area (Å²) in [4.78, 5) is 14.8. The number of aromatic nitrogens is 3. The monoisotopic (exact) mass is 496 g/mol. The van der Waals surface area contributed by atoms with E-state index in [0.29, 0.717) is 31.3 Å². The number of para-hydroxylation sites is 2. The van der Waals surface area contributed by atoms with Crippen molar-refractivity contribution >= 4 is 47.0 Å². The van der Waals surface area contributed by atoms with Gasteiger partial charge in [0.25, 0.3) is 5.69 Å². The van der Waals surface area contributed by atoms with Crippen LogP contribution in [0.1, 0.15) is 5.82 Å². The second-order valence-corrected chi connectivity index (χ2v) is 5.60. The van der Waals surface area contributed by atoms with Crippen molar-refractivity contribution in [1.82, 2.24) is 25.2 Å². The summed E-state index contributed by atoms with van der Waals surface area (Å²) in [5.41, 5.74) is 1.33. The highest BCUT2D eigenvalue weighted by Gasteiger charge is 2.11. The highest BCUT2D eigenvalue weighted by molar-refractivity contribution is 14.0. The van der Waals surface area contributed by atoms with Gasteiger partial charge in [0, 0.05) is 32.4 Å². The molecule has 3 N–H and O–H groups in total. The molecule has 0 saturated heterocycles. The Hall–Kier alpha value is -2.96. The van der Waals surface area contributed by atoms with Crippen LogP contribution in [0.25, 0.3) is 5.65 Å². The Kier molecular flexibility index (Phi) is 7.92. The fourth-order valence-corrected chi connectivity index (χ4v) is 2.56. The summed E-state index contributed by atoms with van der Waals surface area (Å²) in [5.74, 6) is 1.37. The zero-order valence-electron chi connectivity index (χ0n) is 15.2. The zero-order valence-corrected chi connectivity index (χ0v) is 17.5. The molecular weight excluding hydrogens is 475 g/mol. The van der Waals surface area contributed by atoms with Gasteiger partial charge in [-0.2, -0.15) is 0 Å². The van der Waals surface area contributed by atoms with Gasteiger partial charge in [0.1, 0.15) is 5.69 Å². The summed E-state index contributed by atoms with van der Waals surface area (Å²) < 4.78 is 1.90. The number of anilines is 1. The van der Waals surface area contributed by atoms with Gasteiger partial charge in [0.2, 0.25) is 0 Å². The Morgan fingerprint density at radius 1 is 1.14 bits per heavy atom. The van der Waals surface area contributed by atoms with E-state index in [9.17, 15) is 10.1 Å². The number of nitrogens with zero attached hydrogens (tertiary/aromatic N) is 5. The third-order valence-electron chi connectivity index (χ3n) is 3.86. The molecule has 2 aromatic heterocycles. The van der Waals surface area contributed by atoms with Crippen molar-refractivity contribution in [2.45, 2.75) is 6.54 Å². The van der Waals surface area contributed by atoms with E-state index in [2.05, 4.69) is 31.1 Å². The molecule has 0 aliphatic rings. The number of pyridine rings is 1. The van der Waals surface area contributed by atoms with E-state index < -0.39 is 4.92 Å². The van der Waals surface area contributed by atoms with Gasteiger partial charge in [-0.25, -0.2) is 0 Å². The number of nitrogens with one attached hydrogen (secondary N) is 3. The SMILES string of the molecule is CN=C(NCCNc1ccccc1[N+](=O)[O-])NCc1nnc2ccccn12.I. The third kappa shape index (κ3) is 5.28. The van der Waals surface area contributed by atoms with Gasteiger partial charge in [-0.3, -0.25) is 19.5 Å². The summed E-state index contributed by atoms with van der Waals surface area (Å²) in [6.07, 6.45) is 1.90. The minimum atomic E-state index is -0.404. The number of nitro benzene ring substituents is 1. The lowest BCUT2D eigenvalue weighted by Gasteiger charge is -2.12. The number of fused-ring (bicyclic) bond motifs is 1. The largest absolute Gasteiger partial charge is 0.378 e. The van der Waals surface area contributed by atoms with Crippen LogP contribution in [0.3, 0.4) is 0 Å². The molecule has 1 aromatic carbocycles. The molecule has 10 nitrogen and oxygen atoms in total. The molecule has 0 amide bonds. The summed E-state index contributed by atoms with van der Waals surface area (Å²) in [7, 11) is 1.67. The van der Waals surface area contributed by atoms with E-state index in [4.69, 9.17) is 0 Å². The van der Waals surface area contributed by atoms with Crippen LogP contribution in [0, 0.1) is 10.1 Å². The average Bonchev–Trinajstić information content (AvgIpc) is 3.11. The van der Waals surface area contributed by atoms with Gasteiger partial charge in [-0.1, -0.05) is 18.2 Å². The second kappa shape index (κ2) is 10.4. The average molecular weight is 496 g/mol. The highest BCUT2D eigenvalue weighted by Crippen LogP contribution is 2.22. The Labute approximate surface area is 178 Å². The van der Waals surface area contributed by atoms with Crippen molar-refractivity contribution in [3.8, 4) is 0 Å². The first-order chi connectivity index (χ1) is 13.2. The van der Waals surface area contributed by atoms with Crippen molar-refractivity contribution in [1.29, 1.82) is 0 Å². The summed E-state index contributed by atoms with van der Waals surface area (Å²) in [6, 6.07) is 12.3. The zero-order chi connectivity index (χ0) is 19.1. The number of halogens is 1. The normalized spacial score (nSPS) is 11.0. The molecule has 0 fully saturated rings. The van der Waals surface area contributed by atoms with Crippen LogP contribution in [0.15, 0.2) is 53.7 Å². The first-order valence-corrected chi connectivity index (χ1v) is 8.39. The minimum Gasteiger partial charge on any atom is -0.378 e. The van der Waals surface area contributed by atoms with Crippen molar-refractivity contribution in [2.24, 2.45) is 4.99 Å². The van der Waals surface area contributed by atoms with E-state index in [1.807, 2.05) is 28.8 Å². The quantitative estimate of drug-likeness (QED) is 0.114. The number of hydrogen-bond acceptors (Lipinski definition) is 6. The number of nitro groups is 1. The molecule has 0 aliphatic carbocycles. The van der Waals surface area contributed by atoms with E-state index in [1.165, 1.54) is 6.07 Å². The Morgan fingerprint density at radius 2 is 1.93 bits per heavy atom. The molecule has 2 heterocycles. The Balaban J connectivity index is 0.00000280. The molecule has 28 heavy (non-hydrogen) atoms. The first-order valence-electron chi connectivity index (χ1n) is 8.39. The fraction of sp³-hybridized carbons (Fsp3) is 0.235. The van der Waals surface area contributed by atoms with E-state index >= 15 is 0 Å². The fourth-order valence-electron chi connectivity index (χ4n) is 2.56. The maximum absolute atomic E-state index is 11.0. The summed E-state index contributed by atoms with van der Waals surface area (Å²) >= 11 is 0. The summed E-state index contributed by atoms with van der Waals surface area (Å²) in [5, 5.41) is 28.6. The van der Waals surface area contributed by atoms with Crippen LogP contribution in [-0.4, -0.2) is 45.6 Å². The minimum absolute atomic E-state index is 0. The lowest BCUT2D eigenvalue weighted by molar-refractivity contribution is -0.384. The van der Waals surface area contributed by atoms with Gasteiger partial charge in [0.05, 0.1) is 11.5 Å². The van der Waals surface area contributed by atoms with Crippen molar-refractivity contribution in [3.05, 3.63) is 64.6 Å². The van der Waals surface area contributed by atoms with Crippen LogP contribution in [-0.2, 0) is 6.54 Å². The topological polar surface area (TPSA) is 122 Å². The Bertz CT molecular complexity index is 959. The van der Waals surface area contributed by atoms with E-state index in [-0.39, 0.29) is 29.7 Å². The van der Waals surface area contributed by atoms with Gasteiger partial charge < -0.3 is 16.0 Å². The molecule has 11 heteroatoms. The van der Waals surface area contributed by atoms with Crippen LogP contribution in [0.5, 0.6) is 0 Å². The number of rotatable bonds is 7. The lowest BCUT2D eigenvalue weighted by Crippen LogP contribution is -2.39. The highest BCUT2D eigenvalue weighted by atomic mass is 127. The lowest BCUT2D eigenvalue weighted by atomic mass is 10.2. The molecule has 0 spiro atoms. The van der Waals surface area contributed by atoms with Crippen LogP contribution in [0.2, 0.25) is 0 Å². The predicted octanol–water partition coefficient (Wildman–Crippen LogP) is 2.03. The maximum Gasteiger partial charge on any atom is 0.292 e. The second-order valence-electron chi connectivity index (χ2n) is 5.60. The molecule has 0 aliphatic heterocycles. The van der Waals surface area contributed by atoms with Crippen LogP contribution in [0.4, 0.5) is 11.4 Å². The van der Waals surface area contributed by atoms with Crippen LogP contribution < -0.4 is 16.0 Å². The molecule has 3 aromatic rings. The van der Waals surface area contributed by atoms with Crippen LogP contribution >= 0.6 is 24.0 Å². The van der Waals surface area contributed by atoms with Crippen molar-refractivity contribution < 1.29 is 4.92 Å². The molecule has 0 saturated carbocycles. The number of aliphatic imine (C=N–C) groups is 1. The summed E-state index contributed by atoms with van der Waals surface area (Å²) in [6.45, 7) is 1.49. The van der Waals surface area contributed by atoms with Crippen molar-refractivity contribution in [3.63, 3.8) is 0 Å². The first kappa shape index (κ1) is 21.3. The van der Waals surface area contributed by atoms with Gasteiger partial charge in [-0.15, -0.1) is 34.2 Å². The number of guanidine groups is 1. The number of benzene rings is 1. The molecule has 3 rings (SSSR count). The number of hydrogen-bond donors (Lipinski definition) is 3. The van der Waals surface area contributed by atoms with Gasteiger partial charge in [0.15, 0.2) is 17.4 Å². The molecule has 0 bridgehead atoms. The van der Waals surface area contributed by atoms with E-state index in [0.717, 1.165) is 11.5 Å². The Morgan fingerprint density at radius 3 is 2.71 bits per heavy atom. The smallest absolute Gasteiger partial charge is 0.292 e. The standard InChI is InChI=1S/C17H20N8O2.HI/c1-18-17(21-12-16-23-22-15-8-4-5-11-24(15)16)20-10-9-19-13-6-2-3-7-14(13)25(26)27;/h2-8,11,19H,9-10,12H2,1H3,(H2,18,20,21);1H. The molecule has 0 unspecified atom stereocenters. The van der Waals surface area contributed by atoms with Gasteiger partial charge in [-0.05, 0) is 18.2 Å². The maximum atomic E-state index is 11.0.